The first-order valence-electron chi connectivity index (χ1n) is 5.70. The average Bonchev–Trinajstić information content (AvgIpc) is 2.38. The van der Waals surface area contributed by atoms with Crippen LogP contribution in [-0.2, 0) is 6.42 Å². The highest BCUT2D eigenvalue weighted by Gasteiger charge is 2.13. The number of hydrogen-bond acceptors (Lipinski definition) is 1. The van der Waals surface area contributed by atoms with E-state index in [9.17, 15) is 9.18 Å². The van der Waals surface area contributed by atoms with Gasteiger partial charge in [-0.05, 0) is 52.2 Å². The van der Waals surface area contributed by atoms with Crippen LogP contribution in [0.25, 0.3) is 0 Å². The van der Waals surface area contributed by atoms with Gasteiger partial charge in [0.1, 0.15) is 5.82 Å². The van der Waals surface area contributed by atoms with E-state index in [4.69, 9.17) is 0 Å². The van der Waals surface area contributed by atoms with Gasteiger partial charge < -0.3 is 0 Å². The van der Waals surface area contributed by atoms with E-state index in [-0.39, 0.29) is 11.6 Å². The van der Waals surface area contributed by atoms with Gasteiger partial charge in [0.05, 0.1) is 0 Å². The topological polar surface area (TPSA) is 17.1 Å². The highest BCUT2D eigenvalue weighted by Crippen LogP contribution is 2.21. The van der Waals surface area contributed by atoms with E-state index in [1.165, 1.54) is 18.2 Å². The van der Waals surface area contributed by atoms with Crippen molar-refractivity contribution in [1.82, 2.24) is 0 Å². The quantitative estimate of drug-likeness (QED) is 0.769. The molecule has 18 heavy (non-hydrogen) atoms. The number of carbonyl (C=O) groups excluding carboxylic acids is 1. The molecular weight excluding hydrogens is 295 g/mol. The second-order valence-corrected chi connectivity index (χ2v) is 4.86. The lowest BCUT2D eigenvalue weighted by atomic mass is 10.0. The minimum atomic E-state index is -0.360. The van der Waals surface area contributed by atoms with E-state index in [1.807, 2.05) is 25.1 Å². The molecule has 92 valence electrons. The fourth-order valence-electron chi connectivity index (χ4n) is 1.76. The van der Waals surface area contributed by atoms with E-state index < -0.39 is 0 Å². The van der Waals surface area contributed by atoms with Gasteiger partial charge in [0, 0.05) is 15.6 Å². The summed E-state index contributed by atoms with van der Waals surface area (Å²) in [7, 11) is 0. The van der Waals surface area contributed by atoms with Crippen molar-refractivity contribution < 1.29 is 9.18 Å². The Morgan fingerprint density at radius 2 is 2.00 bits per heavy atom. The molecule has 0 aliphatic rings. The first kappa shape index (κ1) is 13.0. The lowest BCUT2D eigenvalue weighted by Crippen LogP contribution is -2.03. The molecule has 2 aromatic rings. The second-order valence-electron chi connectivity index (χ2n) is 4.01. The summed E-state index contributed by atoms with van der Waals surface area (Å²) in [4.78, 5) is 12.3. The normalized spacial score (nSPS) is 10.4. The van der Waals surface area contributed by atoms with Crippen LogP contribution in [0, 0.1) is 5.82 Å². The number of ketones is 1. The minimum absolute atomic E-state index is 0.0998. The fraction of sp³-hybridized carbons (Fsp3) is 0.133. The molecule has 0 N–H and O–H groups in total. The van der Waals surface area contributed by atoms with Gasteiger partial charge in [-0.1, -0.05) is 25.1 Å². The van der Waals surface area contributed by atoms with Crippen LogP contribution in [0.2, 0.25) is 0 Å². The molecule has 1 nitrogen and oxygen atoms in total. The Hall–Kier alpha value is -1.48. The Labute approximate surface area is 114 Å². The van der Waals surface area contributed by atoms with Gasteiger partial charge >= 0.3 is 0 Å². The number of hydrogen-bond donors (Lipinski definition) is 0. The summed E-state index contributed by atoms with van der Waals surface area (Å²) >= 11 is 3.22. The maximum Gasteiger partial charge on any atom is 0.194 e. The molecule has 0 bridgehead atoms. The first-order chi connectivity index (χ1) is 8.61. The number of rotatable bonds is 3. The van der Waals surface area contributed by atoms with Gasteiger partial charge in [0.25, 0.3) is 0 Å². The van der Waals surface area contributed by atoms with E-state index in [1.54, 1.807) is 6.07 Å². The van der Waals surface area contributed by atoms with Crippen molar-refractivity contribution in [3.05, 3.63) is 69.4 Å². The van der Waals surface area contributed by atoms with Crippen LogP contribution in [0.5, 0.6) is 0 Å². The molecule has 3 heteroatoms. The van der Waals surface area contributed by atoms with Crippen molar-refractivity contribution in [3.63, 3.8) is 0 Å². The molecule has 0 saturated heterocycles. The molecule has 0 aliphatic heterocycles. The lowest BCUT2D eigenvalue weighted by Gasteiger charge is -2.05. The van der Waals surface area contributed by atoms with Crippen molar-refractivity contribution in [2.75, 3.05) is 0 Å². The monoisotopic (exact) mass is 306 g/mol. The summed E-state index contributed by atoms with van der Waals surface area (Å²) < 4.78 is 13.5. The van der Waals surface area contributed by atoms with Gasteiger partial charge in [0.15, 0.2) is 5.78 Å². The van der Waals surface area contributed by atoms with Crippen LogP contribution in [0.4, 0.5) is 4.39 Å². The number of halogens is 2. The van der Waals surface area contributed by atoms with Gasteiger partial charge in [-0.3, -0.25) is 4.79 Å². The Morgan fingerprint density at radius 3 is 2.67 bits per heavy atom. The number of aryl methyl sites for hydroxylation is 1. The lowest BCUT2D eigenvalue weighted by molar-refractivity contribution is 0.103. The van der Waals surface area contributed by atoms with Gasteiger partial charge in [0.2, 0.25) is 0 Å². The van der Waals surface area contributed by atoms with Crippen LogP contribution in [0.3, 0.4) is 0 Å². The predicted molar refractivity (Wildman–Crippen MR) is 73.4 cm³/mol. The second kappa shape index (κ2) is 5.44. The average molecular weight is 307 g/mol. The maximum absolute atomic E-state index is 13.0. The molecular formula is C15H12BrFO. The zero-order chi connectivity index (χ0) is 13.1. The molecule has 2 rings (SSSR count). The van der Waals surface area contributed by atoms with E-state index >= 15 is 0 Å². The van der Waals surface area contributed by atoms with Gasteiger partial charge in [-0.15, -0.1) is 0 Å². The molecule has 0 radical (unpaired) electrons. The smallest absolute Gasteiger partial charge is 0.194 e. The summed E-state index contributed by atoms with van der Waals surface area (Å²) in [6.07, 6.45) is 0.881. The summed E-state index contributed by atoms with van der Waals surface area (Å²) in [5.74, 6) is -0.460. The third kappa shape index (κ3) is 2.67. The van der Waals surface area contributed by atoms with Gasteiger partial charge in [-0.25, -0.2) is 4.39 Å². The highest BCUT2D eigenvalue weighted by atomic mass is 79.9. The molecule has 0 heterocycles. The number of benzene rings is 2. The predicted octanol–water partition coefficient (Wildman–Crippen LogP) is 4.38. The Kier molecular flexibility index (Phi) is 3.92. The molecule has 0 amide bonds. The molecule has 0 atom stereocenters. The largest absolute Gasteiger partial charge is 0.289 e. The van der Waals surface area contributed by atoms with E-state index in [2.05, 4.69) is 15.9 Å². The molecule has 0 spiro atoms. The van der Waals surface area contributed by atoms with Gasteiger partial charge in [-0.2, -0.15) is 0 Å². The van der Waals surface area contributed by atoms with Crippen LogP contribution in [-0.4, -0.2) is 5.78 Å². The van der Waals surface area contributed by atoms with Crippen molar-refractivity contribution in [1.29, 1.82) is 0 Å². The van der Waals surface area contributed by atoms with Crippen LogP contribution in [0.15, 0.2) is 46.9 Å². The fourth-order valence-corrected chi connectivity index (χ4v) is 2.29. The summed E-state index contributed by atoms with van der Waals surface area (Å²) in [6.45, 7) is 2.04. The summed E-state index contributed by atoms with van der Waals surface area (Å²) in [5, 5.41) is 0. The van der Waals surface area contributed by atoms with Crippen LogP contribution >= 0.6 is 15.9 Å². The standard InChI is InChI=1S/C15H12BrFO/c1-2-10-4-3-5-11(8-10)15(18)13-7-6-12(17)9-14(13)16/h3-9H,2H2,1H3. The number of carbonyl (C=O) groups is 1. The zero-order valence-corrected chi connectivity index (χ0v) is 11.5. The van der Waals surface area contributed by atoms with E-state index in [0.29, 0.717) is 15.6 Å². The Bertz CT molecular complexity index is 593. The highest BCUT2D eigenvalue weighted by molar-refractivity contribution is 9.10. The molecule has 2 aromatic carbocycles. The minimum Gasteiger partial charge on any atom is -0.289 e. The molecule has 0 fully saturated rings. The molecule has 0 unspecified atom stereocenters. The molecule has 0 aliphatic carbocycles. The summed E-state index contributed by atoms with van der Waals surface area (Å²) in [6, 6.07) is 11.6. The van der Waals surface area contributed by atoms with E-state index in [0.717, 1.165) is 12.0 Å². The van der Waals surface area contributed by atoms with Crippen molar-refractivity contribution >= 4 is 21.7 Å². The van der Waals surface area contributed by atoms with Crippen molar-refractivity contribution in [2.24, 2.45) is 0 Å². The first-order valence-corrected chi connectivity index (χ1v) is 6.50. The molecule has 0 saturated carbocycles. The van der Waals surface area contributed by atoms with Crippen LogP contribution < -0.4 is 0 Å². The van der Waals surface area contributed by atoms with Crippen molar-refractivity contribution in [2.45, 2.75) is 13.3 Å². The van der Waals surface area contributed by atoms with Crippen LogP contribution in [0.1, 0.15) is 28.4 Å². The maximum atomic E-state index is 13.0. The zero-order valence-electron chi connectivity index (χ0n) is 9.91. The Balaban J connectivity index is 2.41. The SMILES string of the molecule is CCc1cccc(C(=O)c2ccc(F)cc2Br)c1. The van der Waals surface area contributed by atoms with Crippen molar-refractivity contribution in [3.8, 4) is 0 Å². The summed E-state index contributed by atoms with van der Waals surface area (Å²) in [5.41, 5.74) is 2.21. The molecule has 0 aromatic heterocycles. The Morgan fingerprint density at radius 1 is 1.22 bits per heavy atom. The third-order valence-corrected chi connectivity index (χ3v) is 3.43. The third-order valence-electron chi connectivity index (χ3n) is 2.77.